The van der Waals surface area contributed by atoms with Crippen LogP contribution >= 0.6 is 0 Å². The van der Waals surface area contributed by atoms with Crippen molar-refractivity contribution in [1.29, 1.82) is 5.26 Å². The number of carbonyl (C=O) groups excluding carboxylic acids is 3. The van der Waals surface area contributed by atoms with Gasteiger partial charge in [0.25, 0.3) is 5.91 Å². The molecule has 2 aromatic rings. The van der Waals surface area contributed by atoms with E-state index < -0.39 is 18.5 Å². The van der Waals surface area contributed by atoms with E-state index in [0.717, 1.165) is 16.7 Å². The van der Waals surface area contributed by atoms with Gasteiger partial charge in [-0.3, -0.25) is 14.4 Å². The summed E-state index contributed by atoms with van der Waals surface area (Å²) in [5.41, 5.74) is 3.84. The van der Waals surface area contributed by atoms with Crippen molar-refractivity contribution >= 4 is 23.3 Å². The van der Waals surface area contributed by atoms with Crippen LogP contribution in [0.25, 0.3) is 0 Å². The summed E-state index contributed by atoms with van der Waals surface area (Å²) < 4.78 is 4.93. The van der Waals surface area contributed by atoms with E-state index in [2.05, 4.69) is 5.32 Å². The van der Waals surface area contributed by atoms with Crippen LogP contribution in [-0.4, -0.2) is 24.3 Å². The first kappa shape index (κ1) is 20.8. The molecule has 6 heteroatoms. The lowest BCUT2D eigenvalue weighted by Gasteiger charge is -2.08. The number of hydrogen-bond acceptors (Lipinski definition) is 5. The van der Waals surface area contributed by atoms with Gasteiger partial charge in [0.15, 0.2) is 12.4 Å². The number of nitriles is 1. The maximum atomic E-state index is 12.3. The van der Waals surface area contributed by atoms with Gasteiger partial charge in [-0.2, -0.15) is 5.26 Å². The van der Waals surface area contributed by atoms with E-state index in [9.17, 15) is 14.4 Å². The van der Waals surface area contributed by atoms with Crippen LogP contribution in [0.1, 0.15) is 39.9 Å². The molecular formula is C22H22N2O4. The number of nitrogens with zero attached hydrogens (tertiary/aromatic N) is 1. The normalized spacial score (nSPS) is 10.0. The number of ketones is 1. The summed E-state index contributed by atoms with van der Waals surface area (Å²) in [5, 5.41) is 11.2. The fraction of sp³-hybridized carbons (Fsp3) is 0.273. The Morgan fingerprint density at radius 2 is 1.75 bits per heavy atom. The van der Waals surface area contributed by atoms with Gasteiger partial charge in [0.05, 0.1) is 18.9 Å². The summed E-state index contributed by atoms with van der Waals surface area (Å²) in [7, 11) is 0. The Bertz CT molecular complexity index is 911. The van der Waals surface area contributed by atoms with E-state index in [-0.39, 0.29) is 18.6 Å². The molecule has 0 radical (unpaired) electrons. The number of Topliss-reactive ketones (excluding diaryl/α,β-unsaturated/α-hetero) is 1. The summed E-state index contributed by atoms with van der Waals surface area (Å²) in [5.74, 6) is -1.19. The van der Waals surface area contributed by atoms with E-state index in [4.69, 9.17) is 10.00 Å². The molecule has 2 aromatic carbocycles. The summed E-state index contributed by atoms with van der Waals surface area (Å²) >= 11 is 0. The maximum absolute atomic E-state index is 12.3. The summed E-state index contributed by atoms with van der Waals surface area (Å²) in [4.78, 5) is 35.9. The number of amides is 1. The number of benzene rings is 2. The van der Waals surface area contributed by atoms with E-state index in [1.807, 2.05) is 32.0 Å². The monoisotopic (exact) mass is 378 g/mol. The molecule has 28 heavy (non-hydrogen) atoms. The van der Waals surface area contributed by atoms with Gasteiger partial charge in [-0.25, -0.2) is 0 Å². The summed E-state index contributed by atoms with van der Waals surface area (Å²) in [6.07, 6.45) is 0.250. The molecule has 0 aromatic heterocycles. The molecule has 0 spiro atoms. The van der Waals surface area contributed by atoms with Crippen LogP contribution in [0.2, 0.25) is 0 Å². The number of esters is 1. The van der Waals surface area contributed by atoms with Gasteiger partial charge in [-0.1, -0.05) is 29.8 Å². The smallest absolute Gasteiger partial charge is 0.306 e. The molecule has 0 aliphatic heterocycles. The van der Waals surface area contributed by atoms with Crippen LogP contribution < -0.4 is 5.32 Å². The van der Waals surface area contributed by atoms with Crippen molar-refractivity contribution in [2.24, 2.45) is 0 Å². The first-order valence-corrected chi connectivity index (χ1v) is 8.91. The number of rotatable bonds is 8. The molecule has 6 nitrogen and oxygen atoms in total. The Kier molecular flexibility index (Phi) is 7.46. The second-order valence-electron chi connectivity index (χ2n) is 6.48. The minimum absolute atomic E-state index is 0.0328. The molecule has 0 aliphatic carbocycles. The third-order valence-electron chi connectivity index (χ3n) is 4.13. The Morgan fingerprint density at radius 3 is 2.43 bits per heavy atom. The zero-order valence-electron chi connectivity index (χ0n) is 16.0. The molecule has 0 aliphatic rings. The first-order valence-electron chi connectivity index (χ1n) is 8.91. The van der Waals surface area contributed by atoms with Crippen LogP contribution in [0.3, 0.4) is 0 Å². The van der Waals surface area contributed by atoms with Gasteiger partial charge in [-0.05, 0) is 43.2 Å². The summed E-state index contributed by atoms with van der Waals surface area (Å²) in [6, 6.07) is 14.5. The topological polar surface area (TPSA) is 96.3 Å². The lowest BCUT2D eigenvalue weighted by atomic mass is 9.99. The van der Waals surface area contributed by atoms with Crippen molar-refractivity contribution in [3.63, 3.8) is 0 Å². The third-order valence-corrected chi connectivity index (χ3v) is 4.13. The molecule has 0 atom stereocenters. The number of ether oxygens (including phenoxy) is 1. The zero-order chi connectivity index (χ0) is 20.5. The Balaban J connectivity index is 1.75. The molecule has 0 saturated heterocycles. The largest absolute Gasteiger partial charge is 0.456 e. The second-order valence-corrected chi connectivity index (χ2v) is 6.48. The van der Waals surface area contributed by atoms with Crippen LogP contribution in [0, 0.1) is 25.2 Å². The summed E-state index contributed by atoms with van der Waals surface area (Å²) in [6.45, 7) is 3.33. The second kappa shape index (κ2) is 10.0. The molecule has 0 saturated carbocycles. The van der Waals surface area contributed by atoms with Gasteiger partial charge in [0.1, 0.15) is 0 Å². The number of carbonyl (C=O) groups is 3. The fourth-order valence-electron chi connectivity index (χ4n) is 2.60. The highest BCUT2D eigenvalue weighted by atomic mass is 16.5. The minimum atomic E-state index is -0.599. The lowest BCUT2D eigenvalue weighted by molar-refractivity contribution is -0.147. The van der Waals surface area contributed by atoms with Gasteiger partial charge in [-0.15, -0.1) is 0 Å². The minimum Gasteiger partial charge on any atom is -0.456 e. The Labute approximate surface area is 164 Å². The highest BCUT2D eigenvalue weighted by Gasteiger charge is 2.14. The average molecular weight is 378 g/mol. The predicted octanol–water partition coefficient (Wildman–Crippen LogP) is 3.51. The van der Waals surface area contributed by atoms with Crippen molar-refractivity contribution < 1.29 is 19.1 Å². The van der Waals surface area contributed by atoms with E-state index in [1.54, 1.807) is 30.3 Å². The zero-order valence-corrected chi connectivity index (χ0v) is 16.0. The highest BCUT2D eigenvalue weighted by molar-refractivity contribution is 5.99. The number of aryl methyl sites for hydroxylation is 2. The third kappa shape index (κ3) is 6.36. The molecule has 0 bridgehead atoms. The quantitative estimate of drug-likeness (QED) is 0.560. The van der Waals surface area contributed by atoms with Crippen LogP contribution in [0.15, 0.2) is 42.5 Å². The van der Waals surface area contributed by atoms with E-state index in [1.165, 1.54) is 0 Å². The van der Waals surface area contributed by atoms with Crippen molar-refractivity contribution in [2.75, 3.05) is 11.9 Å². The standard InChI is InChI=1S/C22H22N2O4/c1-15-3-4-16(2)19(13-15)20(25)9-10-22(27)28-14-21(26)24-18-7-5-17(6-8-18)11-12-23/h3-8,13H,9-11,14H2,1-2H3,(H,24,26). The Hall–Kier alpha value is -3.46. The molecule has 1 N–H and O–H groups in total. The van der Waals surface area contributed by atoms with Crippen molar-refractivity contribution in [2.45, 2.75) is 33.1 Å². The fourth-order valence-corrected chi connectivity index (χ4v) is 2.60. The van der Waals surface area contributed by atoms with Gasteiger partial charge >= 0.3 is 5.97 Å². The van der Waals surface area contributed by atoms with Crippen LogP contribution in [0.4, 0.5) is 5.69 Å². The number of nitrogens with one attached hydrogen (secondary N) is 1. The number of hydrogen-bond donors (Lipinski definition) is 1. The van der Waals surface area contributed by atoms with E-state index in [0.29, 0.717) is 17.7 Å². The predicted molar refractivity (Wildman–Crippen MR) is 105 cm³/mol. The number of anilines is 1. The van der Waals surface area contributed by atoms with Crippen LogP contribution in [0.5, 0.6) is 0 Å². The van der Waals surface area contributed by atoms with Crippen molar-refractivity contribution in [3.05, 3.63) is 64.7 Å². The van der Waals surface area contributed by atoms with E-state index >= 15 is 0 Å². The molecular weight excluding hydrogens is 356 g/mol. The SMILES string of the molecule is Cc1ccc(C)c(C(=O)CCC(=O)OCC(=O)Nc2ccc(CC#N)cc2)c1. The Morgan fingerprint density at radius 1 is 1.04 bits per heavy atom. The molecule has 144 valence electrons. The van der Waals surface area contributed by atoms with Gasteiger partial charge < -0.3 is 10.1 Å². The molecule has 0 fully saturated rings. The first-order chi connectivity index (χ1) is 13.4. The average Bonchev–Trinajstić information content (AvgIpc) is 2.68. The van der Waals surface area contributed by atoms with Crippen molar-refractivity contribution in [3.8, 4) is 6.07 Å². The molecule has 0 unspecified atom stereocenters. The molecule has 2 rings (SSSR count). The lowest BCUT2D eigenvalue weighted by Crippen LogP contribution is -2.21. The highest BCUT2D eigenvalue weighted by Crippen LogP contribution is 2.14. The maximum Gasteiger partial charge on any atom is 0.306 e. The van der Waals surface area contributed by atoms with Gasteiger partial charge in [0, 0.05) is 17.7 Å². The molecule has 1 amide bonds. The van der Waals surface area contributed by atoms with Crippen LogP contribution in [-0.2, 0) is 20.7 Å². The van der Waals surface area contributed by atoms with Gasteiger partial charge in [0.2, 0.25) is 0 Å². The molecule has 0 heterocycles. The van der Waals surface area contributed by atoms with Crippen molar-refractivity contribution in [1.82, 2.24) is 0 Å².